The van der Waals surface area contributed by atoms with Crippen molar-refractivity contribution in [3.8, 4) is 5.69 Å². The van der Waals surface area contributed by atoms with E-state index in [1.165, 1.54) is 16.5 Å². The summed E-state index contributed by atoms with van der Waals surface area (Å²) in [5.41, 5.74) is 0.0190. The summed E-state index contributed by atoms with van der Waals surface area (Å²) in [4.78, 5) is 28.2. The van der Waals surface area contributed by atoms with Gasteiger partial charge in [-0.05, 0) is 31.2 Å². The molecule has 1 aliphatic heterocycles. The second-order valence-corrected chi connectivity index (χ2v) is 10.5. The van der Waals surface area contributed by atoms with Crippen LogP contribution in [0.2, 0.25) is 0 Å². The number of fused-ring (bicyclic) bond motifs is 1. The van der Waals surface area contributed by atoms with Gasteiger partial charge in [0, 0.05) is 11.9 Å². The largest absolute Gasteiger partial charge is 0.447 e. The van der Waals surface area contributed by atoms with Crippen molar-refractivity contribution in [3.63, 3.8) is 0 Å². The predicted octanol–water partition coefficient (Wildman–Crippen LogP) is 4.01. The molecule has 4 rings (SSSR count). The molecule has 3 aromatic rings. The molecule has 0 spiro atoms. The molecule has 152 valence electrons. The highest BCUT2D eigenvalue weighted by Crippen LogP contribution is 2.47. The van der Waals surface area contributed by atoms with E-state index in [2.05, 4.69) is 13.8 Å². The van der Waals surface area contributed by atoms with Crippen LogP contribution in [0, 0.1) is 5.92 Å². The van der Waals surface area contributed by atoms with E-state index >= 15 is 0 Å². The van der Waals surface area contributed by atoms with Crippen LogP contribution in [0.5, 0.6) is 0 Å². The van der Waals surface area contributed by atoms with E-state index in [0.717, 1.165) is 15.3 Å². The number of aromatic nitrogens is 2. The normalized spacial score (nSPS) is 18.9. The fourth-order valence-corrected chi connectivity index (χ4v) is 5.78. The first-order valence-electron chi connectivity index (χ1n) is 9.53. The highest BCUT2D eigenvalue weighted by atomic mass is 32.2. The molecule has 1 atom stereocenters. The molecular weight excluding hydrogens is 406 g/mol. The van der Waals surface area contributed by atoms with Gasteiger partial charge in [-0.25, -0.2) is 9.59 Å². The maximum atomic E-state index is 13.4. The van der Waals surface area contributed by atoms with Crippen molar-refractivity contribution in [3.05, 3.63) is 63.5 Å². The molecule has 2 heterocycles. The Kier molecular flexibility index (Phi) is 4.94. The van der Waals surface area contributed by atoms with E-state index in [-0.39, 0.29) is 0 Å². The van der Waals surface area contributed by atoms with Gasteiger partial charge in [0.15, 0.2) is 6.17 Å². The lowest BCUT2D eigenvalue weighted by Gasteiger charge is -2.31. The Balaban J connectivity index is 1.91. The maximum absolute atomic E-state index is 13.4. The van der Waals surface area contributed by atoms with Gasteiger partial charge in [-0.15, -0.1) is 4.74 Å². The summed E-state index contributed by atoms with van der Waals surface area (Å²) in [5, 5.41) is 1.76. The SMILES string of the molecule is CC(C)CN1C(=S)SC(C)(C)[C@@H]1n1oc(=O)n(-c2cccc3ccccc23)c1=O. The summed E-state index contributed by atoms with van der Waals surface area (Å²) in [6, 6.07) is 13.2. The van der Waals surface area contributed by atoms with Gasteiger partial charge in [-0.1, -0.05) is 74.2 Å². The summed E-state index contributed by atoms with van der Waals surface area (Å²) in [6.07, 6.45) is -0.473. The number of benzene rings is 2. The lowest BCUT2D eigenvalue weighted by molar-refractivity contribution is 0.0842. The van der Waals surface area contributed by atoms with E-state index in [1.54, 1.807) is 6.07 Å². The Morgan fingerprint density at radius 1 is 1.14 bits per heavy atom. The molecule has 0 N–H and O–H groups in total. The first-order valence-corrected chi connectivity index (χ1v) is 10.8. The first kappa shape index (κ1) is 20.0. The van der Waals surface area contributed by atoms with E-state index in [9.17, 15) is 9.59 Å². The highest BCUT2D eigenvalue weighted by Gasteiger charge is 2.48. The van der Waals surface area contributed by atoms with Gasteiger partial charge in [-0.3, -0.25) is 0 Å². The molecule has 2 aromatic carbocycles. The smallest absolute Gasteiger partial charge is 0.333 e. The van der Waals surface area contributed by atoms with E-state index in [4.69, 9.17) is 16.7 Å². The lowest BCUT2D eigenvalue weighted by atomic mass is 10.1. The summed E-state index contributed by atoms with van der Waals surface area (Å²) in [5.74, 6) is -0.359. The standard InChI is InChI=1S/C21H23N3O3S2/c1-13(2)12-22-17(21(3,4)29-20(22)28)24-18(25)23(19(26)27-24)16-11-7-9-14-8-5-6-10-15(14)16/h5-11,13,17H,12H2,1-4H3/t17-/m0/s1. The minimum Gasteiger partial charge on any atom is -0.333 e. The number of thioether (sulfide) groups is 1. The lowest BCUT2D eigenvalue weighted by Crippen LogP contribution is -2.43. The molecule has 6 nitrogen and oxygen atoms in total. The molecule has 1 aromatic heterocycles. The molecule has 0 unspecified atom stereocenters. The summed E-state index contributed by atoms with van der Waals surface area (Å²) < 4.78 is 8.12. The molecule has 0 radical (unpaired) electrons. The predicted molar refractivity (Wildman–Crippen MR) is 121 cm³/mol. The molecule has 0 aliphatic carbocycles. The zero-order valence-corrected chi connectivity index (χ0v) is 18.4. The van der Waals surface area contributed by atoms with Gasteiger partial charge >= 0.3 is 11.4 Å². The van der Waals surface area contributed by atoms with Gasteiger partial charge < -0.3 is 9.42 Å². The third kappa shape index (κ3) is 3.34. The topological polar surface area (TPSA) is 60.4 Å². The number of nitrogens with zero attached hydrogens (tertiary/aromatic N) is 3. The van der Waals surface area contributed by atoms with Crippen molar-refractivity contribution in [2.75, 3.05) is 6.54 Å². The summed E-state index contributed by atoms with van der Waals surface area (Å²) >= 11 is 7.10. The molecule has 0 bridgehead atoms. The molecule has 1 aliphatic rings. The van der Waals surface area contributed by atoms with Crippen LogP contribution in [0.15, 0.2) is 56.6 Å². The molecule has 1 saturated heterocycles. The number of thiocarbonyl (C=S) groups is 1. The molecule has 1 fully saturated rings. The minimum atomic E-state index is -0.700. The van der Waals surface area contributed by atoms with Crippen molar-refractivity contribution < 1.29 is 4.52 Å². The van der Waals surface area contributed by atoms with Crippen LogP contribution in [0.3, 0.4) is 0 Å². The van der Waals surface area contributed by atoms with Crippen LogP contribution in [-0.4, -0.2) is 29.8 Å². The molecule has 0 saturated carbocycles. The summed E-state index contributed by atoms with van der Waals surface area (Å²) in [7, 11) is 0. The maximum Gasteiger partial charge on any atom is 0.447 e. The molecule has 29 heavy (non-hydrogen) atoms. The van der Waals surface area contributed by atoms with Crippen molar-refractivity contribution in [1.82, 2.24) is 14.2 Å². The Morgan fingerprint density at radius 3 is 2.55 bits per heavy atom. The summed E-state index contributed by atoms with van der Waals surface area (Å²) in [6.45, 7) is 8.88. The second kappa shape index (κ2) is 7.18. The van der Waals surface area contributed by atoms with Crippen molar-refractivity contribution in [2.45, 2.75) is 38.6 Å². The minimum absolute atomic E-state index is 0.340. The van der Waals surface area contributed by atoms with Crippen LogP contribution in [-0.2, 0) is 0 Å². The van der Waals surface area contributed by atoms with Crippen LogP contribution in [0.25, 0.3) is 16.5 Å². The third-order valence-corrected chi connectivity index (χ3v) is 6.66. The third-order valence-electron chi connectivity index (χ3n) is 5.03. The Labute approximate surface area is 178 Å². The molecule has 8 heteroatoms. The Morgan fingerprint density at radius 2 is 1.83 bits per heavy atom. The average Bonchev–Trinajstić information content (AvgIpc) is 3.05. The van der Waals surface area contributed by atoms with Crippen LogP contribution < -0.4 is 11.4 Å². The van der Waals surface area contributed by atoms with Gasteiger partial charge in [0.1, 0.15) is 4.32 Å². The number of rotatable bonds is 4. The van der Waals surface area contributed by atoms with Crippen molar-refractivity contribution >= 4 is 39.1 Å². The number of hydrogen-bond donors (Lipinski definition) is 0. The zero-order chi connectivity index (χ0) is 20.9. The van der Waals surface area contributed by atoms with Crippen LogP contribution in [0.1, 0.15) is 33.9 Å². The van der Waals surface area contributed by atoms with Crippen molar-refractivity contribution in [2.24, 2.45) is 5.92 Å². The first-order chi connectivity index (χ1) is 13.7. The Hall–Kier alpha value is -2.32. The monoisotopic (exact) mass is 429 g/mol. The average molecular weight is 430 g/mol. The highest BCUT2D eigenvalue weighted by molar-refractivity contribution is 8.24. The molecular formula is C21H23N3O3S2. The van der Waals surface area contributed by atoms with Crippen molar-refractivity contribution in [1.29, 1.82) is 0 Å². The van der Waals surface area contributed by atoms with E-state index in [1.807, 2.05) is 55.1 Å². The van der Waals surface area contributed by atoms with Crippen LogP contribution >= 0.6 is 24.0 Å². The fraction of sp³-hybridized carbons (Fsp3) is 0.381. The van der Waals surface area contributed by atoms with E-state index < -0.39 is 22.4 Å². The van der Waals surface area contributed by atoms with Gasteiger partial charge in [0.2, 0.25) is 0 Å². The van der Waals surface area contributed by atoms with E-state index in [0.29, 0.717) is 22.5 Å². The second-order valence-electron chi connectivity index (χ2n) is 8.19. The van der Waals surface area contributed by atoms with Gasteiger partial charge in [0.25, 0.3) is 0 Å². The van der Waals surface area contributed by atoms with Crippen LogP contribution in [0.4, 0.5) is 0 Å². The molecule has 0 amide bonds. The Bertz CT molecular complexity index is 1200. The quantitative estimate of drug-likeness (QED) is 0.584. The zero-order valence-electron chi connectivity index (χ0n) is 16.8. The van der Waals surface area contributed by atoms with Gasteiger partial charge in [0.05, 0.1) is 10.4 Å². The van der Waals surface area contributed by atoms with Gasteiger partial charge in [-0.2, -0.15) is 4.57 Å². The fourth-order valence-electron chi connectivity index (χ4n) is 3.89. The number of hydrogen-bond acceptors (Lipinski definition) is 5.